The van der Waals surface area contributed by atoms with Crippen LogP contribution in [-0.2, 0) is 4.79 Å². The number of hydrogen-bond donors (Lipinski definition) is 1. The molecule has 1 aromatic rings. The normalized spacial score (nSPS) is 26.2. The molecule has 2 unspecified atom stereocenters. The number of nitrogens with zero attached hydrogens (tertiary/aromatic N) is 1. The van der Waals surface area contributed by atoms with E-state index in [-0.39, 0.29) is 5.91 Å². The molecule has 0 aliphatic carbocycles. The van der Waals surface area contributed by atoms with Crippen LogP contribution in [0.2, 0.25) is 0 Å². The van der Waals surface area contributed by atoms with Crippen LogP contribution in [0.3, 0.4) is 0 Å². The zero-order valence-corrected chi connectivity index (χ0v) is 9.94. The Bertz CT molecular complexity index is 495. The van der Waals surface area contributed by atoms with Crippen LogP contribution in [0.1, 0.15) is 24.0 Å². The zero-order chi connectivity index (χ0) is 12.0. The molecule has 0 spiro atoms. The molecule has 2 aliphatic heterocycles. The highest BCUT2D eigenvalue weighted by molar-refractivity contribution is 5.75. The van der Waals surface area contributed by atoms with Gasteiger partial charge in [0.2, 0.25) is 5.91 Å². The number of rotatable bonds is 0. The molecule has 1 amide bonds. The molecular weight excluding hydrogens is 212 g/mol. The van der Waals surface area contributed by atoms with Crippen molar-refractivity contribution in [2.45, 2.75) is 18.9 Å². The van der Waals surface area contributed by atoms with Gasteiger partial charge in [0.1, 0.15) is 0 Å². The highest BCUT2D eigenvalue weighted by atomic mass is 16.2. The number of likely N-dealkylation sites (tertiary alicyclic amines) is 1. The maximum Gasteiger partial charge on any atom is 0.219 e. The van der Waals surface area contributed by atoms with Crippen molar-refractivity contribution in [2.24, 2.45) is 0 Å². The van der Waals surface area contributed by atoms with E-state index in [1.165, 1.54) is 11.1 Å². The molecule has 1 N–H and O–H groups in total. The lowest BCUT2D eigenvalue weighted by Gasteiger charge is -2.30. The Kier molecular flexibility index (Phi) is 2.21. The maximum absolute atomic E-state index is 11.5. The van der Waals surface area contributed by atoms with E-state index >= 15 is 0 Å². The molecule has 3 rings (SSSR count). The third kappa shape index (κ3) is 1.54. The summed E-state index contributed by atoms with van der Waals surface area (Å²) in [6, 6.07) is 8.66. The summed E-state index contributed by atoms with van der Waals surface area (Å²) < 4.78 is 0. The molecule has 1 aromatic carbocycles. The first-order valence-corrected chi connectivity index (χ1v) is 5.97. The van der Waals surface area contributed by atoms with Gasteiger partial charge in [0.25, 0.3) is 0 Å². The van der Waals surface area contributed by atoms with Crippen molar-refractivity contribution in [3.05, 3.63) is 42.0 Å². The van der Waals surface area contributed by atoms with Crippen LogP contribution in [0.5, 0.6) is 0 Å². The van der Waals surface area contributed by atoms with E-state index in [4.69, 9.17) is 0 Å². The summed E-state index contributed by atoms with van der Waals surface area (Å²) in [6.45, 7) is 7.31. The van der Waals surface area contributed by atoms with Gasteiger partial charge in [0.05, 0.1) is 6.04 Å². The predicted octanol–water partition coefficient (Wildman–Crippen LogP) is 1.57. The summed E-state index contributed by atoms with van der Waals surface area (Å²) in [5, 5.41) is 3.43. The van der Waals surface area contributed by atoms with Crippen LogP contribution in [0.15, 0.2) is 30.8 Å². The minimum absolute atomic E-state index is 0.157. The second kappa shape index (κ2) is 3.62. The molecule has 2 heterocycles. The molecule has 2 aliphatic rings. The molecule has 1 saturated heterocycles. The van der Waals surface area contributed by atoms with Crippen LogP contribution in [0.25, 0.3) is 5.70 Å². The van der Waals surface area contributed by atoms with Crippen LogP contribution in [0, 0.1) is 0 Å². The lowest BCUT2D eigenvalue weighted by atomic mass is 9.85. The number of amides is 1. The Morgan fingerprint density at radius 1 is 1.41 bits per heavy atom. The molecule has 0 bridgehead atoms. The number of fused-ring (bicyclic) bond motifs is 3. The minimum atomic E-state index is 0.157. The SMILES string of the molecule is C=C1NC2CN(C(C)=O)CC2c2ccccc21. The first-order chi connectivity index (χ1) is 8.16. The van der Waals surface area contributed by atoms with Crippen molar-refractivity contribution in [3.63, 3.8) is 0 Å². The number of carbonyl (C=O) groups excluding carboxylic acids is 1. The number of hydrogen-bond acceptors (Lipinski definition) is 2. The Morgan fingerprint density at radius 3 is 2.94 bits per heavy atom. The largest absolute Gasteiger partial charge is 0.380 e. The summed E-state index contributed by atoms with van der Waals surface area (Å²) >= 11 is 0. The van der Waals surface area contributed by atoms with Gasteiger partial charge in [-0.25, -0.2) is 0 Å². The number of carbonyl (C=O) groups is 1. The highest BCUT2D eigenvalue weighted by Crippen LogP contribution is 2.36. The average molecular weight is 228 g/mol. The Hall–Kier alpha value is -1.77. The van der Waals surface area contributed by atoms with Crippen LogP contribution < -0.4 is 5.32 Å². The third-order valence-corrected chi connectivity index (χ3v) is 3.81. The molecule has 17 heavy (non-hydrogen) atoms. The lowest BCUT2D eigenvalue weighted by Crippen LogP contribution is -2.38. The van der Waals surface area contributed by atoms with Crippen molar-refractivity contribution >= 4 is 11.6 Å². The van der Waals surface area contributed by atoms with Crippen molar-refractivity contribution < 1.29 is 4.79 Å². The predicted molar refractivity (Wildman–Crippen MR) is 67.4 cm³/mol. The summed E-state index contributed by atoms with van der Waals surface area (Å²) in [5.74, 6) is 0.560. The van der Waals surface area contributed by atoms with Gasteiger partial charge in [-0.15, -0.1) is 0 Å². The van der Waals surface area contributed by atoms with Gasteiger partial charge in [0.15, 0.2) is 0 Å². The monoisotopic (exact) mass is 228 g/mol. The van der Waals surface area contributed by atoms with Gasteiger partial charge >= 0.3 is 0 Å². The molecule has 3 heteroatoms. The lowest BCUT2D eigenvalue weighted by molar-refractivity contribution is -0.127. The van der Waals surface area contributed by atoms with E-state index in [1.54, 1.807) is 6.92 Å². The van der Waals surface area contributed by atoms with Crippen LogP contribution >= 0.6 is 0 Å². The first kappa shape index (κ1) is 10.4. The molecule has 0 saturated carbocycles. The minimum Gasteiger partial charge on any atom is -0.380 e. The second-order valence-electron chi connectivity index (χ2n) is 4.85. The van der Waals surface area contributed by atoms with Crippen LogP contribution in [0.4, 0.5) is 0 Å². The van der Waals surface area contributed by atoms with E-state index in [0.29, 0.717) is 12.0 Å². The highest BCUT2D eigenvalue weighted by Gasteiger charge is 2.39. The van der Waals surface area contributed by atoms with Gasteiger partial charge in [-0.1, -0.05) is 30.8 Å². The van der Waals surface area contributed by atoms with Crippen molar-refractivity contribution in [3.8, 4) is 0 Å². The Balaban J connectivity index is 2.00. The molecule has 1 fully saturated rings. The molecule has 0 aromatic heterocycles. The smallest absolute Gasteiger partial charge is 0.219 e. The van der Waals surface area contributed by atoms with Crippen molar-refractivity contribution in [1.82, 2.24) is 10.2 Å². The van der Waals surface area contributed by atoms with E-state index in [9.17, 15) is 4.79 Å². The fraction of sp³-hybridized carbons (Fsp3) is 0.357. The summed E-state index contributed by atoms with van der Waals surface area (Å²) in [4.78, 5) is 13.4. The quantitative estimate of drug-likeness (QED) is 0.731. The van der Waals surface area contributed by atoms with E-state index in [1.807, 2.05) is 11.0 Å². The summed E-state index contributed by atoms with van der Waals surface area (Å²) in [6.07, 6.45) is 0. The molecular formula is C14H16N2O. The molecule has 2 atom stereocenters. The maximum atomic E-state index is 11.5. The van der Waals surface area contributed by atoms with Gasteiger partial charge in [-0.2, -0.15) is 0 Å². The fourth-order valence-electron chi connectivity index (χ4n) is 2.92. The van der Waals surface area contributed by atoms with E-state index in [0.717, 1.165) is 18.8 Å². The van der Waals surface area contributed by atoms with E-state index in [2.05, 4.69) is 30.1 Å². The number of nitrogens with one attached hydrogen (secondary N) is 1. The Morgan fingerprint density at radius 2 is 2.18 bits per heavy atom. The molecule has 88 valence electrons. The second-order valence-corrected chi connectivity index (χ2v) is 4.85. The molecule has 0 radical (unpaired) electrons. The van der Waals surface area contributed by atoms with Crippen molar-refractivity contribution in [1.29, 1.82) is 0 Å². The number of benzene rings is 1. The standard InChI is InChI=1S/C14H16N2O/c1-9-11-5-3-4-6-12(11)13-7-16(10(2)17)8-14(13)15-9/h3-6,13-15H,1,7-8H2,2H3. The van der Waals surface area contributed by atoms with Gasteiger partial charge in [-0.3, -0.25) is 4.79 Å². The average Bonchev–Trinajstić information content (AvgIpc) is 2.73. The Labute approximate surface area is 101 Å². The van der Waals surface area contributed by atoms with Gasteiger partial charge in [-0.05, 0) is 5.56 Å². The summed E-state index contributed by atoms with van der Waals surface area (Å²) in [7, 11) is 0. The van der Waals surface area contributed by atoms with Crippen molar-refractivity contribution in [2.75, 3.05) is 13.1 Å². The topological polar surface area (TPSA) is 32.3 Å². The first-order valence-electron chi connectivity index (χ1n) is 5.97. The van der Waals surface area contributed by atoms with Gasteiger partial charge in [0, 0.05) is 37.2 Å². The zero-order valence-electron chi connectivity index (χ0n) is 9.94. The fourth-order valence-corrected chi connectivity index (χ4v) is 2.92. The van der Waals surface area contributed by atoms with E-state index < -0.39 is 0 Å². The molecule has 3 nitrogen and oxygen atoms in total. The van der Waals surface area contributed by atoms with Gasteiger partial charge < -0.3 is 10.2 Å². The summed E-state index contributed by atoms with van der Waals surface area (Å²) in [5.41, 5.74) is 3.50. The third-order valence-electron chi connectivity index (χ3n) is 3.81. The van der Waals surface area contributed by atoms with Crippen LogP contribution in [-0.4, -0.2) is 29.9 Å².